The van der Waals surface area contributed by atoms with E-state index in [0.717, 1.165) is 52.3 Å². The van der Waals surface area contributed by atoms with Crippen molar-refractivity contribution in [2.24, 2.45) is 0 Å². The van der Waals surface area contributed by atoms with Crippen LogP contribution in [0.4, 0.5) is 0 Å². The van der Waals surface area contributed by atoms with E-state index in [2.05, 4.69) is 26.2 Å². The second kappa shape index (κ2) is 7.88. The molecule has 1 aliphatic rings. The number of fused-ring (bicyclic) bond motifs is 1. The summed E-state index contributed by atoms with van der Waals surface area (Å²) in [4.78, 5) is 17.6. The second-order valence-corrected chi connectivity index (χ2v) is 8.88. The first kappa shape index (κ1) is 20.7. The summed E-state index contributed by atoms with van der Waals surface area (Å²) in [5.41, 5.74) is 4.24. The van der Waals surface area contributed by atoms with E-state index in [1.165, 1.54) is 0 Å². The number of imidazole rings is 1. The van der Waals surface area contributed by atoms with Crippen LogP contribution in [0.2, 0.25) is 0 Å². The van der Waals surface area contributed by atoms with Crippen LogP contribution in [0.3, 0.4) is 0 Å². The van der Waals surface area contributed by atoms with Crippen molar-refractivity contribution in [1.82, 2.24) is 25.1 Å². The van der Waals surface area contributed by atoms with E-state index in [-0.39, 0.29) is 0 Å². The number of hydrogen-bond donors (Lipinski definition) is 2. The van der Waals surface area contributed by atoms with Crippen LogP contribution in [0.25, 0.3) is 22.2 Å². The summed E-state index contributed by atoms with van der Waals surface area (Å²) in [5.74, 6) is 2.20. The summed E-state index contributed by atoms with van der Waals surface area (Å²) in [6, 6.07) is 15.1. The number of aromatic nitrogens is 5. The Morgan fingerprint density at radius 1 is 1.06 bits per heavy atom. The summed E-state index contributed by atoms with van der Waals surface area (Å²) in [5, 5.41) is 16.7. The van der Waals surface area contributed by atoms with Gasteiger partial charge in [0.15, 0.2) is 5.60 Å². The first-order valence-corrected chi connectivity index (χ1v) is 11.6. The van der Waals surface area contributed by atoms with Crippen molar-refractivity contribution in [3.63, 3.8) is 0 Å². The minimum Gasteiger partial charge on any atom is -0.373 e. The average molecular weight is 452 g/mol. The minimum atomic E-state index is -1.61. The molecule has 0 spiro atoms. The van der Waals surface area contributed by atoms with Gasteiger partial charge in [0.25, 0.3) is 0 Å². The monoisotopic (exact) mass is 451 g/mol. The van der Waals surface area contributed by atoms with Gasteiger partial charge >= 0.3 is 0 Å². The van der Waals surface area contributed by atoms with Crippen LogP contribution in [0.1, 0.15) is 59.9 Å². The molecule has 0 bridgehead atoms. The summed E-state index contributed by atoms with van der Waals surface area (Å²) in [7, 11) is 0. The summed E-state index contributed by atoms with van der Waals surface area (Å²) >= 11 is 0. The number of pyridine rings is 2. The third-order valence-electron chi connectivity index (χ3n) is 6.57. The maximum Gasteiger partial charge on any atom is 0.176 e. The number of nitrogens with zero attached hydrogens (tertiary/aromatic N) is 4. The Balaban J connectivity index is 1.69. The maximum atomic E-state index is 12.5. The number of hydrogen-bond acceptors (Lipinski definition) is 6. The van der Waals surface area contributed by atoms with Crippen molar-refractivity contribution >= 4 is 11.0 Å². The zero-order valence-electron chi connectivity index (χ0n) is 19.1. The number of aryl methyl sites for hydroxylation is 2. The number of H-pyrrole nitrogens is 1. The lowest BCUT2D eigenvalue weighted by molar-refractivity contribution is 0.117. The lowest BCUT2D eigenvalue weighted by Crippen LogP contribution is -2.31. The van der Waals surface area contributed by atoms with Gasteiger partial charge in [-0.3, -0.25) is 9.97 Å². The molecule has 5 aromatic rings. The van der Waals surface area contributed by atoms with E-state index < -0.39 is 5.60 Å². The fraction of sp³-hybridized carbons (Fsp3) is 0.259. The van der Waals surface area contributed by atoms with Gasteiger partial charge in [-0.05, 0) is 61.7 Å². The Kier molecular flexibility index (Phi) is 4.81. The molecule has 6 rings (SSSR count). The predicted octanol–water partition coefficient (Wildman–Crippen LogP) is 5.04. The first-order valence-electron chi connectivity index (χ1n) is 11.6. The Morgan fingerprint density at radius 2 is 1.76 bits per heavy atom. The molecule has 0 saturated heterocycles. The Bertz CT molecular complexity index is 1430. The van der Waals surface area contributed by atoms with Gasteiger partial charge in [-0.2, -0.15) is 0 Å². The van der Waals surface area contributed by atoms with E-state index in [1.54, 1.807) is 12.4 Å². The lowest BCUT2D eigenvalue weighted by atomic mass is 9.83. The van der Waals surface area contributed by atoms with Gasteiger partial charge in [-0.15, -0.1) is 0 Å². The molecule has 0 unspecified atom stereocenters. The van der Waals surface area contributed by atoms with Gasteiger partial charge in [-0.1, -0.05) is 24.2 Å². The largest absolute Gasteiger partial charge is 0.373 e. The van der Waals surface area contributed by atoms with E-state index in [4.69, 9.17) is 9.51 Å². The molecule has 7 nitrogen and oxygen atoms in total. The molecule has 1 saturated carbocycles. The van der Waals surface area contributed by atoms with Gasteiger partial charge in [0.2, 0.25) is 0 Å². The van der Waals surface area contributed by atoms with Crippen LogP contribution in [-0.4, -0.2) is 30.2 Å². The van der Waals surface area contributed by atoms with Crippen LogP contribution >= 0.6 is 0 Å². The Morgan fingerprint density at radius 3 is 2.35 bits per heavy atom. The number of nitrogens with one attached hydrogen (secondary N) is 1. The molecule has 4 aromatic heterocycles. The van der Waals surface area contributed by atoms with Gasteiger partial charge < -0.3 is 14.6 Å². The first-order chi connectivity index (χ1) is 16.6. The van der Waals surface area contributed by atoms with Crippen molar-refractivity contribution < 1.29 is 9.63 Å². The fourth-order valence-corrected chi connectivity index (χ4v) is 4.70. The van der Waals surface area contributed by atoms with Crippen molar-refractivity contribution in [3.05, 3.63) is 95.2 Å². The Labute approximate surface area is 196 Å². The smallest absolute Gasteiger partial charge is 0.176 e. The molecular formula is C27H25N5O2. The molecule has 4 heterocycles. The SMILES string of the molecule is CCc1onc(C)c1-c1cc(C(O)(c2ccccn2)c2ccccn2)c2nc(C3CC3)[nH]c2c1. The van der Waals surface area contributed by atoms with Crippen LogP contribution in [0, 0.1) is 6.92 Å². The van der Waals surface area contributed by atoms with Crippen molar-refractivity contribution in [2.75, 3.05) is 0 Å². The molecule has 0 radical (unpaired) electrons. The molecule has 34 heavy (non-hydrogen) atoms. The van der Waals surface area contributed by atoms with Crippen LogP contribution < -0.4 is 0 Å². The summed E-state index contributed by atoms with van der Waals surface area (Å²) in [6.07, 6.45) is 6.33. The van der Waals surface area contributed by atoms with Gasteiger partial charge in [0.1, 0.15) is 11.6 Å². The third-order valence-corrected chi connectivity index (χ3v) is 6.57. The van der Waals surface area contributed by atoms with E-state index >= 15 is 0 Å². The second-order valence-electron chi connectivity index (χ2n) is 8.88. The highest BCUT2D eigenvalue weighted by Crippen LogP contribution is 2.44. The van der Waals surface area contributed by atoms with Crippen LogP contribution in [0.5, 0.6) is 0 Å². The number of rotatable bonds is 6. The fourth-order valence-electron chi connectivity index (χ4n) is 4.70. The number of aromatic amines is 1. The molecule has 2 N–H and O–H groups in total. The third kappa shape index (κ3) is 3.23. The van der Waals surface area contributed by atoms with E-state index in [9.17, 15) is 5.11 Å². The summed E-state index contributed by atoms with van der Waals surface area (Å²) in [6.45, 7) is 3.98. The van der Waals surface area contributed by atoms with Crippen LogP contribution in [-0.2, 0) is 12.0 Å². The molecule has 0 amide bonds. The van der Waals surface area contributed by atoms with Gasteiger partial charge in [0.05, 0.1) is 28.1 Å². The predicted molar refractivity (Wildman–Crippen MR) is 128 cm³/mol. The summed E-state index contributed by atoms with van der Waals surface area (Å²) < 4.78 is 5.60. The molecule has 0 aliphatic heterocycles. The minimum absolute atomic E-state index is 0.435. The normalized spacial score (nSPS) is 14.1. The number of aliphatic hydroxyl groups is 1. The van der Waals surface area contributed by atoms with E-state index in [1.807, 2.05) is 56.3 Å². The maximum absolute atomic E-state index is 12.5. The zero-order valence-corrected chi connectivity index (χ0v) is 19.1. The highest BCUT2D eigenvalue weighted by Gasteiger charge is 2.40. The molecule has 170 valence electrons. The lowest BCUT2D eigenvalue weighted by Gasteiger charge is -2.28. The van der Waals surface area contributed by atoms with Crippen molar-refractivity contribution in [2.45, 2.75) is 44.6 Å². The Hall–Kier alpha value is -3.84. The highest BCUT2D eigenvalue weighted by molar-refractivity contribution is 5.88. The van der Waals surface area contributed by atoms with Crippen molar-refractivity contribution in [1.29, 1.82) is 0 Å². The van der Waals surface area contributed by atoms with Gasteiger partial charge in [0, 0.05) is 35.9 Å². The average Bonchev–Trinajstić information content (AvgIpc) is 3.54. The molecule has 0 atom stereocenters. The number of benzene rings is 1. The molecular weight excluding hydrogens is 426 g/mol. The zero-order chi connectivity index (χ0) is 23.3. The van der Waals surface area contributed by atoms with Crippen molar-refractivity contribution in [3.8, 4) is 11.1 Å². The highest BCUT2D eigenvalue weighted by atomic mass is 16.5. The molecule has 1 aromatic carbocycles. The van der Waals surface area contributed by atoms with Gasteiger partial charge in [-0.25, -0.2) is 4.98 Å². The molecule has 1 aliphatic carbocycles. The standard InChI is InChI=1S/C27H25N5O2/c1-3-21-24(16(2)32-34-21)18-14-19(25-20(15-18)30-26(31-25)17-10-11-17)27(33,22-8-4-6-12-28-22)23-9-5-7-13-29-23/h4-9,12-15,17,33H,3,10-11H2,1-2H3,(H,30,31). The molecule has 7 heteroatoms. The van der Waals surface area contributed by atoms with E-state index in [0.29, 0.717) is 29.3 Å². The quantitative estimate of drug-likeness (QED) is 0.375. The van der Waals surface area contributed by atoms with Crippen LogP contribution in [0.15, 0.2) is 65.4 Å². The molecule has 1 fully saturated rings. The topological polar surface area (TPSA) is 101 Å².